The Kier molecular flexibility index (Phi) is 9.49. The van der Waals surface area contributed by atoms with Crippen molar-refractivity contribution < 1.29 is 4.74 Å². The SMILES string of the molecule is CCc1nncn1CCNC(=NC)NC1CCCN(c2cccc(OC)c2)C1.I. The first-order valence-electron chi connectivity index (χ1n) is 9.96. The summed E-state index contributed by atoms with van der Waals surface area (Å²) < 4.78 is 7.44. The van der Waals surface area contributed by atoms with E-state index in [-0.39, 0.29) is 24.0 Å². The molecule has 3 rings (SSSR count). The second-order valence-electron chi connectivity index (χ2n) is 6.92. The van der Waals surface area contributed by atoms with Crippen LogP contribution in [0, 0.1) is 0 Å². The van der Waals surface area contributed by atoms with Crippen LogP contribution >= 0.6 is 24.0 Å². The summed E-state index contributed by atoms with van der Waals surface area (Å²) in [6.07, 6.45) is 4.94. The maximum Gasteiger partial charge on any atom is 0.191 e. The molecule has 0 aliphatic carbocycles. The number of anilines is 1. The maximum absolute atomic E-state index is 5.36. The summed E-state index contributed by atoms with van der Waals surface area (Å²) in [4.78, 5) is 6.79. The van der Waals surface area contributed by atoms with Gasteiger partial charge in [0.2, 0.25) is 0 Å². The number of methoxy groups -OCH3 is 1. The molecule has 1 aromatic carbocycles. The molecule has 9 heteroatoms. The van der Waals surface area contributed by atoms with Gasteiger partial charge in [-0.25, -0.2) is 0 Å². The lowest BCUT2D eigenvalue weighted by Crippen LogP contribution is -2.51. The lowest BCUT2D eigenvalue weighted by Gasteiger charge is -2.35. The number of guanidine groups is 1. The van der Waals surface area contributed by atoms with Crippen LogP contribution in [0.3, 0.4) is 0 Å². The number of aromatic nitrogens is 3. The van der Waals surface area contributed by atoms with Gasteiger partial charge in [-0.05, 0) is 25.0 Å². The van der Waals surface area contributed by atoms with Crippen molar-refractivity contribution in [2.24, 2.45) is 4.99 Å². The van der Waals surface area contributed by atoms with E-state index in [4.69, 9.17) is 4.74 Å². The predicted molar refractivity (Wildman–Crippen MR) is 128 cm³/mol. The molecule has 1 saturated heterocycles. The van der Waals surface area contributed by atoms with Crippen LogP contribution < -0.4 is 20.3 Å². The topological polar surface area (TPSA) is 79.6 Å². The monoisotopic (exact) mass is 513 g/mol. The molecule has 2 heterocycles. The van der Waals surface area contributed by atoms with Gasteiger partial charge >= 0.3 is 0 Å². The highest BCUT2D eigenvalue weighted by atomic mass is 127. The molecule has 1 atom stereocenters. The number of ether oxygens (including phenoxy) is 1. The summed E-state index contributed by atoms with van der Waals surface area (Å²) in [5.41, 5.74) is 1.20. The fourth-order valence-electron chi connectivity index (χ4n) is 3.56. The second-order valence-corrected chi connectivity index (χ2v) is 6.92. The minimum Gasteiger partial charge on any atom is -0.497 e. The van der Waals surface area contributed by atoms with Gasteiger partial charge in [-0.1, -0.05) is 13.0 Å². The first-order valence-corrected chi connectivity index (χ1v) is 9.96. The maximum atomic E-state index is 5.36. The van der Waals surface area contributed by atoms with Crippen molar-refractivity contribution in [2.75, 3.05) is 38.7 Å². The second kappa shape index (κ2) is 11.8. The highest BCUT2D eigenvalue weighted by Gasteiger charge is 2.21. The zero-order chi connectivity index (χ0) is 19.8. The molecule has 0 spiro atoms. The summed E-state index contributed by atoms with van der Waals surface area (Å²) in [7, 11) is 3.52. The van der Waals surface area contributed by atoms with E-state index in [1.165, 1.54) is 5.69 Å². The standard InChI is InChI=1S/C20H31N7O.HI/c1-4-19-25-23-15-27(19)12-10-22-20(21-2)24-16-7-6-11-26(14-16)17-8-5-9-18(13-17)28-3;/h5,8-9,13,15-16H,4,6-7,10-12,14H2,1-3H3,(H2,21,22,24);1H. The van der Waals surface area contributed by atoms with Crippen LogP contribution in [0.4, 0.5) is 5.69 Å². The Bertz CT molecular complexity index is 780. The van der Waals surface area contributed by atoms with Crippen LogP contribution in [0.2, 0.25) is 0 Å². The van der Waals surface area contributed by atoms with Gasteiger partial charge in [0.15, 0.2) is 5.96 Å². The molecule has 0 radical (unpaired) electrons. The molecule has 1 aliphatic heterocycles. The van der Waals surface area contributed by atoms with Crippen molar-refractivity contribution in [3.63, 3.8) is 0 Å². The van der Waals surface area contributed by atoms with E-state index in [1.54, 1.807) is 13.4 Å². The van der Waals surface area contributed by atoms with E-state index in [2.05, 4.69) is 54.3 Å². The molecule has 0 bridgehead atoms. The van der Waals surface area contributed by atoms with Gasteiger partial charge in [-0.2, -0.15) is 0 Å². The number of aliphatic imine (C=N–C) groups is 1. The number of benzene rings is 1. The molecule has 8 nitrogen and oxygen atoms in total. The Hall–Kier alpha value is -2.04. The number of rotatable bonds is 7. The Morgan fingerprint density at radius 2 is 2.24 bits per heavy atom. The van der Waals surface area contributed by atoms with Crippen molar-refractivity contribution in [3.8, 4) is 5.75 Å². The zero-order valence-electron chi connectivity index (χ0n) is 17.5. The van der Waals surface area contributed by atoms with E-state index in [1.807, 2.05) is 19.2 Å². The third kappa shape index (κ3) is 6.48. The first-order chi connectivity index (χ1) is 13.7. The largest absolute Gasteiger partial charge is 0.497 e. The summed E-state index contributed by atoms with van der Waals surface area (Å²) in [5, 5.41) is 15.1. The van der Waals surface area contributed by atoms with Crippen molar-refractivity contribution in [2.45, 2.75) is 38.8 Å². The molecule has 1 aromatic heterocycles. The Balaban J connectivity index is 0.00000300. The van der Waals surface area contributed by atoms with Gasteiger partial charge in [0, 0.05) is 57.4 Å². The quantitative estimate of drug-likeness (QED) is 0.336. The van der Waals surface area contributed by atoms with Crippen LogP contribution in [0.1, 0.15) is 25.6 Å². The molecule has 1 aliphatic rings. The van der Waals surface area contributed by atoms with E-state index in [9.17, 15) is 0 Å². The number of aryl methyl sites for hydroxylation is 1. The number of hydrogen-bond acceptors (Lipinski definition) is 5. The molecule has 2 aromatic rings. The number of halogens is 1. The minimum absolute atomic E-state index is 0. The van der Waals surface area contributed by atoms with Crippen molar-refractivity contribution >= 4 is 35.6 Å². The smallest absolute Gasteiger partial charge is 0.191 e. The van der Waals surface area contributed by atoms with Gasteiger partial charge in [0.05, 0.1) is 7.11 Å². The molecule has 2 N–H and O–H groups in total. The van der Waals surface area contributed by atoms with Crippen molar-refractivity contribution in [1.82, 2.24) is 25.4 Å². The molecule has 1 fully saturated rings. The average molecular weight is 513 g/mol. The number of nitrogens with zero attached hydrogens (tertiary/aromatic N) is 5. The highest BCUT2D eigenvalue weighted by molar-refractivity contribution is 14.0. The molecule has 29 heavy (non-hydrogen) atoms. The lowest BCUT2D eigenvalue weighted by atomic mass is 10.0. The fraction of sp³-hybridized carbons (Fsp3) is 0.550. The van der Waals surface area contributed by atoms with Crippen LogP contribution in [0.5, 0.6) is 5.75 Å². The van der Waals surface area contributed by atoms with E-state index >= 15 is 0 Å². The molecule has 0 amide bonds. The number of nitrogens with one attached hydrogen (secondary N) is 2. The zero-order valence-corrected chi connectivity index (χ0v) is 19.8. The predicted octanol–water partition coefficient (Wildman–Crippen LogP) is 2.30. The Labute approximate surface area is 190 Å². The molecular formula is C20H32IN7O. The lowest BCUT2D eigenvalue weighted by molar-refractivity contribution is 0.414. The fourth-order valence-corrected chi connectivity index (χ4v) is 3.56. The van der Waals surface area contributed by atoms with Gasteiger partial charge < -0.3 is 24.8 Å². The Morgan fingerprint density at radius 1 is 1.38 bits per heavy atom. The van der Waals surface area contributed by atoms with Gasteiger partial charge in [0.1, 0.15) is 17.9 Å². The average Bonchev–Trinajstić information content (AvgIpc) is 3.20. The van der Waals surface area contributed by atoms with E-state index < -0.39 is 0 Å². The number of piperidine rings is 1. The van der Waals surface area contributed by atoms with Crippen LogP contribution in [-0.2, 0) is 13.0 Å². The van der Waals surface area contributed by atoms with E-state index in [0.717, 1.165) is 63.0 Å². The first kappa shape index (κ1) is 23.2. The molecule has 160 valence electrons. The van der Waals surface area contributed by atoms with Gasteiger partial charge in [0.25, 0.3) is 0 Å². The van der Waals surface area contributed by atoms with Gasteiger partial charge in [-0.15, -0.1) is 34.2 Å². The van der Waals surface area contributed by atoms with Crippen molar-refractivity contribution in [1.29, 1.82) is 0 Å². The van der Waals surface area contributed by atoms with Crippen molar-refractivity contribution in [3.05, 3.63) is 36.4 Å². The van der Waals surface area contributed by atoms with Gasteiger partial charge in [-0.3, -0.25) is 4.99 Å². The summed E-state index contributed by atoms with van der Waals surface area (Å²) in [5.74, 6) is 2.74. The molecule has 0 saturated carbocycles. The summed E-state index contributed by atoms with van der Waals surface area (Å²) >= 11 is 0. The summed E-state index contributed by atoms with van der Waals surface area (Å²) in [6, 6.07) is 8.62. The van der Waals surface area contributed by atoms with Crippen LogP contribution in [-0.4, -0.2) is 60.6 Å². The third-order valence-electron chi connectivity index (χ3n) is 5.06. The van der Waals surface area contributed by atoms with E-state index in [0.29, 0.717) is 6.04 Å². The number of hydrogen-bond donors (Lipinski definition) is 2. The Morgan fingerprint density at radius 3 is 3.00 bits per heavy atom. The van der Waals surface area contributed by atoms with Crippen LogP contribution in [0.15, 0.2) is 35.6 Å². The normalized spacial score (nSPS) is 16.9. The summed E-state index contributed by atoms with van der Waals surface area (Å²) in [6.45, 7) is 5.68. The highest BCUT2D eigenvalue weighted by Crippen LogP contribution is 2.24. The molecular weight excluding hydrogens is 481 g/mol. The van der Waals surface area contributed by atoms with Crippen LogP contribution in [0.25, 0.3) is 0 Å². The molecule has 1 unspecified atom stereocenters. The minimum atomic E-state index is 0. The third-order valence-corrected chi connectivity index (χ3v) is 5.06.